The molecule has 0 saturated heterocycles. The Morgan fingerprint density at radius 1 is 1.41 bits per heavy atom. The molecule has 0 bridgehead atoms. The Morgan fingerprint density at radius 3 is 2.47 bits per heavy atom. The van der Waals surface area contributed by atoms with E-state index in [4.69, 9.17) is 11.6 Å². The van der Waals surface area contributed by atoms with E-state index in [0.717, 1.165) is 0 Å². The van der Waals surface area contributed by atoms with Crippen molar-refractivity contribution in [2.45, 2.75) is 12.3 Å². The minimum absolute atomic E-state index is 0.00434. The van der Waals surface area contributed by atoms with E-state index in [1.807, 2.05) is 22.6 Å². The Balaban J connectivity index is 2.89. The lowest BCUT2D eigenvalue weighted by Gasteiger charge is -2.15. The molecule has 0 saturated carbocycles. The van der Waals surface area contributed by atoms with E-state index in [1.54, 1.807) is 5.32 Å². The molecule has 1 aromatic rings. The molecule has 0 aliphatic carbocycles. The van der Waals surface area contributed by atoms with Gasteiger partial charge >= 0.3 is 18.3 Å². The predicted molar refractivity (Wildman–Crippen MR) is 63.7 cm³/mol. The van der Waals surface area contributed by atoms with E-state index in [2.05, 4.69) is 0 Å². The van der Waals surface area contributed by atoms with E-state index in [-0.39, 0.29) is 10.7 Å². The third-order valence-electron chi connectivity index (χ3n) is 1.76. The molecule has 0 unspecified atom stereocenters. The average Bonchev–Trinajstić information content (AvgIpc) is 2.21. The predicted octanol–water partition coefficient (Wildman–Crippen LogP) is 3.78. The van der Waals surface area contributed by atoms with Gasteiger partial charge in [-0.1, -0.05) is 11.6 Å². The quantitative estimate of drug-likeness (QED) is 0.627. The number of amides is 1. The molecule has 0 aromatic heterocycles. The lowest BCUT2D eigenvalue weighted by molar-refractivity contribution is -0.163. The van der Waals surface area contributed by atoms with E-state index in [1.165, 1.54) is 18.2 Å². The summed E-state index contributed by atoms with van der Waals surface area (Å²) in [6.07, 6.45) is -4.06. The summed E-state index contributed by atoms with van der Waals surface area (Å²) in [5.41, 5.74) is -0.141. The standard InChI is InChI=1S/C9H5ClF4INO/c10-5-3-4(15)1-2-6(5)16-8(17)9(13,14)7(11)12/h1-3,7H,(H,16,17). The molecule has 1 N–H and O–H groups in total. The molecule has 94 valence electrons. The number of carbonyl (C=O) groups excluding carboxylic acids is 1. The van der Waals surface area contributed by atoms with Crippen molar-refractivity contribution in [3.63, 3.8) is 0 Å². The summed E-state index contributed by atoms with van der Waals surface area (Å²) < 4.78 is 49.7. The largest absolute Gasteiger partial charge is 0.383 e. The number of carbonyl (C=O) groups is 1. The molecule has 0 heterocycles. The Hall–Kier alpha value is -0.570. The van der Waals surface area contributed by atoms with Gasteiger partial charge in [0.05, 0.1) is 10.7 Å². The zero-order valence-electron chi connectivity index (χ0n) is 7.99. The number of nitrogens with one attached hydrogen (secondary N) is 1. The second-order valence-corrected chi connectivity index (χ2v) is 4.65. The van der Waals surface area contributed by atoms with Crippen LogP contribution in [0.15, 0.2) is 18.2 Å². The maximum absolute atomic E-state index is 12.6. The lowest BCUT2D eigenvalue weighted by atomic mass is 10.2. The van der Waals surface area contributed by atoms with Crippen LogP contribution in [0.2, 0.25) is 5.02 Å². The maximum Gasteiger partial charge on any atom is 0.383 e. The average molecular weight is 381 g/mol. The molecule has 0 radical (unpaired) electrons. The van der Waals surface area contributed by atoms with Gasteiger partial charge in [0, 0.05) is 3.57 Å². The minimum Gasteiger partial charge on any atom is -0.319 e. The van der Waals surface area contributed by atoms with Gasteiger partial charge in [0.2, 0.25) is 0 Å². The summed E-state index contributed by atoms with van der Waals surface area (Å²) in [5, 5.41) is 1.65. The van der Waals surface area contributed by atoms with Gasteiger partial charge in [-0.15, -0.1) is 0 Å². The summed E-state index contributed by atoms with van der Waals surface area (Å²) in [7, 11) is 0. The van der Waals surface area contributed by atoms with Crippen LogP contribution >= 0.6 is 34.2 Å². The highest BCUT2D eigenvalue weighted by atomic mass is 127. The smallest absolute Gasteiger partial charge is 0.319 e. The van der Waals surface area contributed by atoms with Crippen LogP contribution in [0, 0.1) is 3.57 Å². The van der Waals surface area contributed by atoms with Crippen molar-refractivity contribution < 1.29 is 22.4 Å². The molecule has 17 heavy (non-hydrogen) atoms. The summed E-state index contributed by atoms with van der Waals surface area (Å²) in [5.74, 6) is -6.83. The number of hydrogen-bond acceptors (Lipinski definition) is 1. The van der Waals surface area contributed by atoms with Crippen LogP contribution in [0.3, 0.4) is 0 Å². The fraction of sp³-hybridized carbons (Fsp3) is 0.222. The number of hydrogen-bond donors (Lipinski definition) is 1. The Kier molecular flexibility index (Phi) is 4.59. The third-order valence-corrected chi connectivity index (χ3v) is 2.74. The zero-order chi connectivity index (χ0) is 13.2. The molecule has 8 heteroatoms. The first kappa shape index (κ1) is 14.5. The first-order valence-corrected chi connectivity index (χ1v) is 5.63. The van der Waals surface area contributed by atoms with E-state index in [9.17, 15) is 22.4 Å². The first-order chi connectivity index (χ1) is 7.75. The monoisotopic (exact) mass is 381 g/mol. The summed E-state index contributed by atoms with van der Waals surface area (Å²) >= 11 is 7.57. The highest BCUT2D eigenvalue weighted by molar-refractivity contribution is 14.1. The molecule has 0 aliphatic heterocycles. The van der Waals surface area contributed by atoms with Gasteiger partial charge in [-0.2, -0.15) is 8.78 Å². The number of halogens is 6. The van der Waals surface area contributed by atoms with Crippen LogP contribution in [0.4, 0.5) is 23.2 Å². The fourth-order valence-corrected chi connectivity index (χ4v) is 1.80. The molecule has 0 aliphatic rings. The third kappa shape index (κ3) is 3.44. The highest BCUT2D eigenvalue weighted by Gasteiger charge is 2.49. The van der Waals surface area contributed by atoms with Gasteiger partial charge in [0.15, 0.2) is 0 Å². The van der Waals surface area contributed by atoms with E-state index in [0.29, 0.717) is 3.57 Å². The molecule has 0 spiro atoms. The second-order valence-electron chi connectivity index (χ2n) is 3.00. The molecular weight excluding hydrogens is 376 g/mol. The van der Waals surface area contributed by atoms with E-state index < -0.39 is 18.3 Å². The second kappa shape index (κ2) is 5.38. The fourth-order valence-electron chi connectivity index (χ4n) is 0.896. The van der Waals surface area contributed by atoms with Crippen LogP contribution in [0.5, 0.6) is 0 Å². The van der Waals surface area contributed by atoms with Crippen LogP contribution in [-0.4, -0.2) is 18.3 Å². The van der Waals surface area contributed by atoms with Crippen LogP contribution < -0.4 is 5.32 Å². The van der Waals surface area contributed by atoms with Crippen molar-refractivity contribution in [1.29, 1.82) is 0 Å². The molecular formula is C9H5ClF4INO. The van der Waals surface area contributed by atoms with Gasteiger partial charge in [0.25, 0.3) is 0 Å². The van der Waals surface area contributed by atoms with Gasteiger partial charge in [-0.3, -0.25) is 4.79 Å². The highest BCUT2D eigenvalue weighted by Crippen LogP contribution is 2.28. The van der Waals surface area contributed by atoms with Gasteiger partial charge in [-0.25, -0.2) is 8.78 Å². The normalized spacial score (nSPS) is 11.7. The summed E-state index contributed by atoms with van der Waals surface area (Å²) in [6.45, 7) is 0. The molecule has 2 nitrogen and oxygen atoms in total. The summed E-state index contributed by atoms with van der Waals surface area (Å²) in [4.78, 5) is 10.9. The van der Waals surface area contributed by atoms with Crippen molar-refractivity contribution in [2.75, 3.05) is 5.32 Å². The SMILES string of the molecule is O=C(Nc1ccc(I)cc1Cl)C(F)(F)C(F)F. The Labute approximate surface area is 112 Å². The number of rotatable bonds is 3. The van der Waals surface area contributed by atoms with Crippen molar-refractivity contribution in [3.8, 4) is 0 Å². The molecule has 1 rings (SSSR count). The number of anilines is 1. The Bertz CT molecular complexity index is 441. The molecule has 0 atom stereocenters. The van der Waals surface area contributed by atoms with Crippen LogP contribution in [-0.2, 0) is 4.79 Å². The van der Waals surface area contributed by atoms with E-state index >= 15 is 0 Å². The zero-order valence-corrected chi connectivity index (χ0v) is 10.9. The molecule has 0 fully saturated rings. The van der Waals surface area contributed by atoms with Gasteiger partial charge in [-0.05, 0) is 40.8 Å². The van der Waals surface area contributed by atoms with Gasteiger partial charge < -0.3 is 5.32 Å². The molecule has 1 amide bonds. The minimum atomic E-state index is -4.74. The van der Waals surface area contributed by atoms with Crippen molar-refractivity contribution in [3.05, 3.63) is 26.8 Å². The number of benzene rings is 1. The van der Waals surface area contributed by atoms with Crippen LogP contribution in [0.1, 0.15) is 0 Å². The topological polar surface area (TPSA) is 29.1 Å². The molecule has 1 aromatic carbocycles. The number of alkyl halides is 4. The maximum atomic E-state index is 12.6. The van der Waals surface area contributed by atoms with Crippen molar-refractivity contribution in [2.24, 2.45) is 0 Å². The van der Waals surface area contributed by atoms with Gasteiger partial charge in [0.1, 0.15) is 0 Å². The summed E-state index contributed by atoms with van der Waals surface area (Å²) in [6, 6.07) is 4.14. The Morgan fingerprint density at radius 2 is 2.00 bits per heavy atom. The van der Waals surface area contributed by atoms with Crippen molar-refractivity contribution in [1.82, 2.24) is 0 Å². The lowest BCUT2D eigenvalue weighted by Crippen LogP contribution is -2.41. The first-order valence-electron chi connectivity index (χ1n) is 4.17. The van der Waals surface area contributed by atoms with Crippen molar-refractivity contribution >= 4 is 45.8 Å². The van der Waals surface area contributed by atoms with Crippen LogP contribution in [0.25, 0.3) is 0 Å².